The minimum Gasteiger partial charge on any atom is -0.480 e. The van der Waals surface area contributed by atoms with Gasteiger partial charge in [-0.2, -0.15) is 13.2 Å². The number of benzene rings is 1. The summed E-state index contributed by atoms with van der Waals surface area (Å²) in [6.45, 7) is 1.64. The molecule has 1 aromatic rings. The zero-order chi connectivity index (χ0) is 18.2. The Kier molecular flexibility index (Phi) is 7.70. The molecule has 0 aliphatic heterocycles. The molecule has 0 aliphatic carbocycles. The van der Waals surface area contributed by atoms with Crippen LogP contribution in [0, 0.1) is 5.92 Å². The van der Waals surface area contributed by atoms with E-state index in [0.29, 0.717) is 18.4 Å². The quantitative estimate of drug-likeness (QED) is 0.673. The van der Waals surface area contributed by atoms with E-state index in [4.69, 9.17) is 9.84 Å². The van der Waals surface area contributed by atoms with E-state index in [1.807, 2.05) is 6.92 Å². The molecule has 134 valence electrons. The van der Waals surface area contributed by atoms with Crippen molar-refractivity contribution in [1.82, 2.24) is 5.32 Å². The van der Waals surface area contributed by atoms with Crippen LogP contribution in [0.15, 0.2) is 24.3 Å². The van der Waals surface area contributed by atoms with Crippen molar-refractivity contribution in [1.29, 1.82) is 0 Å². The van der Waals surface area contributed by atoms with Crippen molar-refractivity contribution in [2.24, 2.45) is 5.92 Å². The van der Waals surface area contributed by atoms with Crippen molar-refractivity contribution in [3.8, 4) is 0 Å². The lowest BCUT2D eigenvalue weighted by atomic mass is 9.95. The molecular formula is C16H20F3NO4. The van der Waals surface area contributed by atoms with E-state index in [1.54, 1.807) is 0 Å². The number of carbonyl (C=O) groups is 2. The highest BCUT2D eigenvalue weighted by molar-refractivity contribution is 5.78. The van der Waals surface area contributed by atoms with Crippen LogP contribution in [0.3, 0.4) is 0 Å². The Morgan fingerprint density at radius 2 is 1.88 bits per heavy atom. The summed E-state index contributed by atoms with van der Waals surface area (Å²) < 4.78 is 42.3. The lowest BCUT2D eigenvalue weighted by molar-refractivity contribution is -0.142. The first-order valence-electron chi connectivity index (χ1n) is 7.47. The van der Waals surface area contributed by atoms with Crippen LogP contribution in [0.2, 0.25) is 0 Å². The van der Waals surface area contributed by atoms with E-state index in [9.17, 15) is 22.8 Å². The summed E-state index contributed by atoms with van der Waals surface area (Å²) >= 11 is 0. The second-order valence-electron chi connectivity index (χ2n) is 5.24. The Hall–Kier alpha value is -2.09. The summed E-state index contributed by atoms with van der Waals surface area (Å²) in [5.41, 5.74) is -0.0774. The summed E-state index contributed by atoms with van der Waals surface area (Å²) in [7, 11) is 0. The van der Waals surface area contributed by atoms with Gasteiger partial charge in [-0.1, -0.05) is 19.1 Å². The zero-order valence-corrected chi connectivity index (χ0v) is 13.2. The second kappa shape index (κ2) is 9.27. The molecule has 0 heterocycles. The van der Waals surface area contributed by atoms with Crippen LogP contribution in [-0.4, -0.2) is 36.7 Å². The molecule has 0 fully saturated rings. The van der Waals surface area contributed by atoms with Gasteiger partial charge in [-0.25, -0.2) is 4.79 Å². The number of aliphatic carboxylic acids is 1. The fraction of sp³-hybridized carbons (Fsp3) is 0.500. The van der Waals surface area contributed by atoms with Gasteiger partial charge in [0.1, 0.15) is 6.61 Å². The van der Waals surface area contributed by atoms with Crippen molar-refractivity contribution < 1.29 is 32.6 Å². The van der Waals surface area contributed by atoms with Crippen LogP contribution in [0.25, 0.3) is 0 Å². The van der Waals surface area contributed by atoms with Gasteiger partial charge in [-0.15, -0.1) is 0 Å². The number of ether oxygens (including phenoxy) is 1. The zero-order valence-electron chi connectivity index (χ0n) is 13.2. The second-order valence-corrected chi connectivity index (χ2v) is 5.24. The van der Waals surface area contributed by atoms with Crippen LogP contribution in [0.4, 0.5) is 13.2 Å². The maximum atomic E-state index is 12.5. The number of hydrogen-bond donors (Lipinski definition) is 2. The van der Waals surface area contributed by atoms with E-state index < -0.39 is 24.3 Å². The van der Waals surface area contributed by atoms with E-state index in [2.05, 4.69) is 5.32 Å². The highest BCUT2D eigenvalue weighted by Gasteiger charge is 2.30. The first-order chi connectivity index (χ1) is 11.2. The summed E-state index contributed by atoms with van der Waals surface area (Å²) in [4.78, 5) is 22.3. The van der Waals surface area contributed by atoms with E-state index in [0.717, 1.165) is 12.1 Å². The van der Waals surface area contributed by atoms with Crippen molar-refractivity contribution in [2.75, 3.05) is 19.8 Å². The number of carbonyl (C=O) groups excluding carboxylic acids is 1. The fourth-order valence-electron chi connectivity index (χ4n) is 2.09. The first-order valence-corrected chi connectivity index (χ1v) is 7.47. The van der Waals surface area contributed by atoms with Gasteiger partial charge in [0.25, 0.3) is 0 Å². The van der Waals surface area contributed by atoms with Crippen LogP contribution < -0.4 is 5.32 Å². The maximum Gasteiger partial charge on any atom is 0.416 e. The molecule has 0 spiro atoms. The summed E-state index contributed by atoms with van der Waals surface area (Å²) in [6.07, 6.45) is -3.52. The molecule has 1 atom stereocenters. The number of nitrogens with one attached hydrogen (secondary N) is 1. The predicted octanol–water partition coefficient (Wildman–Crippen LogP) is 2.49. The standard InChI is InChI=1S/C16H20F3NO4/c1-2-12(15(23)20-7-8-24-10-14(21)22)9-11-3-5-13(6-4-11)16(17,18)19/h3-6,12H,2,7-10H2,1H3,(H,20,23)(H,21,22). The van der Waals surface area contributed by atoms with Gasteiger partial charge < -0.3 is 15.2 Å². The van der Waals surface area contributed by atoms with Crippen molar-refractivity contribution in [3.63, 3.8) is 0 Å². The topological polar surface area (TPSA) is 75.6 Å². The van der Waals surface area contributed by atoms with Crippen LogP contribution in [-0.2, 0) is 26.9 Å². The third-order valence-corrected chi connectivity index (χ3v) is 3.40. The molecule has 1 amide bonds. The summed E-state index contributed by atoms with van der Waals surface area (Å²) in [5, 5.41) is 11.0. The van der Waals surface area contributed by atoms with E-state index in [1.165, 1.54) is 12.1 Å². The van der Waals surface area contributed by atoms with Gasteiger partial charge in [0, 0.05) is 12.5 Å². The van der Waals surface area contributed by atoms with Gasteiger partial charge in [0.05, 0.1) is 12.2 Å². The fourth-order valence-corrected chi connectivity index (χ4v) is 2.09. The van der Waals surface area contributed by atoms with Gasteiger partial charge in [0.15, 0.2) is 0 Å². The van der Waals surface area contributed by atoms with Crippen molar-refractivity contribution >= 4 is 11.9 Å². The third-order valence-electron chi connectivity index (χ3n) is 3.40. The van der Waals surface area contributed by atoms with Gasteiger partial charge in [-0.05, 0) is 30.5 Å². The molecule has 0 bridgehead atoms. The van der Waals surface area contributed by atoms with Gasteiger partial charge >= 0.3 is 12.1 Å². The maximum absolute atomic E-state index is 12.5. The molecule has 1 aromatic carbocycles. The van der Waals surface area contributed by atoms with Gasteiger partial charge in [-0.3, -0.25) is 4.79 Å². The van der Waals surface area contributed by atoms with E-state index >= 15 is 0 Å². The Labute approximate surface area is 137 Å². The summed E-state index contributed by atoms with van der Waals surface area (Å²) in [6, 6.07) is 4.74. The van der Waals surface area contributed by atoms with Crippen LogP contribution >= 0.6 is 0 Å². The monoisotopic (exact) mass is 347 g/mol. The Balaban J connectivity index is 2.48. The SMILES string of the molecule is CCC(Cc1ccc(C(F)(F)F)cc1)C(=O)NCCOCC(=O)O. The van der Waals surface area contributed by atoms with Crippen molar-refractivity contribution in [3.05, 3.63) is 35.4 Å². The lowest BCUT2D eigenvalue weighted by Crippen LogP contribution is -2.34. The molecule has 1 unspecified atom stereocenters. The number of halogens is 3. The minimum atomic E-state index is -4.38. The van der Waals surface area contributed by atoms with Crippen molar-refractivity contribution in [2.45, 2.75) is 25.9 Å². The number of carboxylic acid groups (broad SMARTS) is 1. The third kappa shape index (κ3) is 6.99. The Morgan fingerprint density at radius 3 is 2.38 bits per heavy atom. The largest absolute Gasteiger partial charge is 0.480 e. The Bertz CT molecular complexity index is 543. The molecule has 8 heteroatoms. The molecular weight excluding hydrogens is 327 g/mol. The molecule has 0 saturated heterocycles. The molecule has 1 rings (SSSR count). The predicted molar refractivity (Wildman–Crippen MR) is 80.4 cm³/mol. The number of carboxylic acids is 1. The smallest absolute Gasteiger partial charge is 0.416 e. The highest BCUT2D eigenvalue weighted by atomic mass is 19.4. The molecule has 2 N–H and O–H groups in total. The number of hydrogen-bond acceptors (Lipinski definition) is 3. The molecule has 24 heavy (non-hydrogen) atoms. The van der Waals surface area contributed by atoms with Crippen LogP contribution in [0.1, 0.15) is 24.5 Å². The normalized spacial score (nSPS) is 12.7. The van der Waals surface area contributed by atoms with Gasteiger partial charge in [0.2, 0.25) is 5.91 Å². The average Bonchev–Trinajstić information content (AvgIpc) is 2.51. The number of rotatable bonds is 9. The minimum absolute atomic E-state index is 0.0781. The first kappa shape index (κ1) is 20.0. The molecule has 5 nitrogen and oxygen atoms in total. The number of amides is 1. The average molecular weight is 347 g/mol. The molecule has 0 radical (unpaired) electrons. The summed E-state index contributed by atoms with van der Waals surface area (Å²) in [5.74, 6) is -1.70. The number of alkyl halides is 3. The lowest BCUT2D eigenvalue weighted by Gasteiger charge is -2.15. The molecule has 0 aliphatic rings. The molecule has 0 saturated carbocycles. The van der Waals surface area contributed by atoms with Crippen LogP contribution in [0.5, 0.6) is 0 Å². The molecule has 0 aromatic heterocycles. The Morgan fingerprint density at radius 1 is 1.25 bits per heavy atom. The highest BCUT2D eigenvalue weighted by Crippen LogP contribution is 2.29. The van der Waals surface area contributed by atoms with E-state index in [-0.39, 0.29) is 25.0 Å².